The lowest BCUT2D eigenvalue weighted by Crippen LogP contribution is -2.27. The van der Waals surface area contributed by atoms with Gasteiger partial charge in [0.25, 0.3) is 0 Å². The fourth-order valence-electron chi connectivity index (χ4n) is 1.67. The van der Waals surface area contributed by atoms with Gasteiger partial charge in [0.2, 0.25) is 0 Å². The lowest BCUT2D eigenvalue weighted by Gasteiger charge is -2.11. The quantitative estimate of drug-likeness (QED) is 0.722. The van der Waals surface area contributed by atoms with Crippen molar-refractivity contribution in [3.05, 3.63) is 35.4 Å². The van der Waals surface area contributed by atoms with Crippen molar-refractivity contribution in [3.8, 4) is 12.3 Å². The molecule has 0 bridgehead atoms. The highest BCUT2D eigenvalue weighted by atomic mass is 14.9. The molecule has 1 unspecified atom stereocenters. The predicted molar refractivity (Wildman–Crippen MR) is 65.8 cm³/mol. The summed E-state index contributed by atoms with van der Waals surface area (Å²) in [6.07, 6.45) is 7.49. The van der Waals surface area contributed by atoms with Crippen LogP contribution < -0.4 is 5.32 Å². The molecule has 1 rings (SSSR count). The lowest BCUT2D eigenvalue weighted by atomic mass is 10.0. The number of terminal acetylenes is 1. The first-order chi connectivity index (χ1) is 7.26. The molecule has 0 fully saturated rings. The van der Waals surface area contributed by atoms with Gasteiger partial charge < -0.3 is 5.32 Å². The number of benzene rings is 1. The van der Waals surface area contributed by atoms with Crippen LogP contribution in [0.25, 0.3) is 0 Å². The highest BCUT2D eigenvalue weighted by molar-refractivity contribution is 5.22. The molecule has 1 heteroatoms. The minimum atomic E-state index is 0.204. The van der Waals surface area contributed by atoms with E-state index in [0.717, 1.165) is 19.4 Å². The topological polar surface area (TPSA) is 12.0 Å². The van der Waals surface area contributed by atoms with Crippen LogP contribution in [0.4, 0.5) is 0 Å². The first-order valence-electron chi connectivity index (χ1n) is 5.51. The zero-order chi connectivity index (χ0) is 11.1. The Labute approximate surface area is 92.9 Å². The van der Waals surface area contributed by atoms with Gasteiger partial charge in [0.15, 0.2) is 0 Å². The van der Waals surface area contributed by atoms with Gasteiger partial charge >= 0.3 is 0 Å². The van der Waals surface area contributed by atoms with Gasteiger partial charge in [0.05, 0.1) is 6.04 Å². The molecule has 0 saturated heterocycles. The molecule has 0 amide bonds. The standard InChI is InChI=1S/C14H19N/c1-4-14(15-5-2)10-9-13-8-6-7-12(3)11-13/h1,6-8,11,14-15H,5,9-10H2,2-3H3. The third kappa shape index (κ3) is 4.18. The zero-order valence-electron chi connectivity index (χ0n) is 9.59. The van der Waals surface area contributed by atoms with E-state index < -0.39 is 0 Å². The maximum atomic E-state index is 5.44. The number of hydrogen-bond donors (Lipinski definition) is 1. The Kier molecular flexibility index (Phi) is 4.93. The average Bonchev–Trinajstić information content (AvgIpc) is 2.24. The van der Waals surface area contributed by atoms with E-state index in [1.54, 1.807) is 0 Å². The number of rotatable bonds is 5. The van der Waals surface area contributed by atoms with Gasteiger partial charge in [0, 0.05) is 0 Å². The summed E-state index contributed by atoms with van der Waals surface area (Å²) in [5.41, 5.74) is 2.68. The van der Waals surface area contributed by atoms with Crippen LogP contribution >= 0.6 is 0 Å². The Balaban J connectivity index is 2.46. The number of aryl methyl sites for hydroxylation is 2. The van der Waals surface area contributed by atoms with E-state index in [1.165, 1.54) is 11.1 Å². The molecular weight excluding hydrogens is 182 g/mol. The molecule has 1 nitrogen and oxygen atoms in total. The molecule has 0 aliphatic carbocycles. The van der Waals surface area contributed by atoms with Crippen LogP contribution in [0.1, 0.15) is 24.5 Å². The van der Waals surface area contributed by atoms with E-state index in [2.05, 4.69) is 49.4 Å². The molecule has 0 saturated carbocycles. The Morgan fingerprint density at radius 3 is 2.87 bits per heavy atom. The monoisotopic (exact) mass is 201 g/mol. The third-order valence-corrected chi connectivity index (χ3v) is 2.46. The predicted octanol–water partition coefficient (Wildman–Crippen LogP) is 2.54. The summed E-state index contributed by atoms with van der Waals surface area (Å²) in [6, 6.07) is 8.80. The summed E-state index contributed by atoms with van der Waals surface area (Å²) in [5, 5.41) is 3.28. The van der Waals surface area contributed by atoms with Crippen molar-refractivity contribution in [2.75, 3.05) is 6.54 Å². The van der Waals surface area contributed by atoms with Crippen molar-refractivity contribution in [2.24, 2.45) is 0 Å². The van der Waals surface area contributed by atoms with Gasteiger partial charge in [-0.05, 0) is 31.9 Å². The van der Waals surface area contributed by atoms with Gasteiger partial charge in [-0.3, -0.25) is 0 Å². The number of hydrogen-bond acceptors (Lipinski definition) is 1. The summed E-state index contributed by atoms with van der Waals surface area (Å²) in [5.74, 6) is 2.78. The van der Waals surface area contributed by atoms with Crippen molar-refractivity contribution in [3.63, 3.8) is 0 Å². The molecule has 1 atom stereocenters. The van der Waals surface area contributed by atoms with Crippen LogP contribution in [0.5, 0.6) is 0 Å². The molecular formula is C14H19N. The van der Waals surface area contributed by atoms with Crippen LogP contribution in [0.2, 0.25) is 0 Å². The van der Waals surface area contributed by atoms with Gasteiger partial charge in [-0.15, -0.1) is 6.42 Å². The average molecular weight is 201 g/mol. The minimum Gasteiger partial charge on any atom is -0.304 e. The molecule has 1 aromatic rings. The molecule has 0 radical (unpaired) electrons. The van der Waals surface area contributed by atoms with Crippen molar-refractivity contribution >= 4 is 0 Å². The summed E-state index contributed by atoms with van der Waals surface area (Å²) in [7, 11) is 0. The van der Waals surface area contributed by atoms with Crippen LogP contribution in [-0.4, -0.2) is 12.6 Å². The minimum absolute atomic E-state index is 0.204. The fraction of sp³-hybridized carbons (Fsp3) is 0.429. The van der Waals surface area contributed by atoms with Gasteiger partial charge in [-0.1, -0.05) is 42.7 Å². The van der Waals surface area contributed by atoms with E-state index in [9.17, 15) is 0 Å². The van der Waals surface area contributed by atoms with E-state index in [1.807, 2.05) is 0 Å². The lowest BCUT2D eigenvalue weighted by molar-refractivity contribution is 0.589. The zero-order valence-corrected chi connectivity index (χ0v) is 9.59. The number of nitrogens with one attached hydrogen (secondary N) is 1. The Hall–Kier alpha value is -1.26. The summed E-state index contributed by atoms with van der Waals surface area (Å²) in [4.78, 5) is 0. The molecule has 1 aromatic carbocycles. The molecule has 80 valence electrons. The summed E-state index contributed by atoms with van der Waals surface area (Å²) < 4.78 is 0. The molecule has 0 aliphatic heterocycles. The van der Waals surface area contributed by atoms with E-state index in [0.29, 0.717) is 0 Å². The third-order valence-electron chi connectivity index (χ3n) is 2.46. The van der Waals surface area contributed by atoms with Crippen LogP contribution in [-0.2, 0) is 6.42 Å². The normalized spacial score (nSPS) is 12.1. The van der Waals surface area contributed by atoms with E-state index in [4.69, 9.17) is 6.42 Å². The van der Waals surface area contributed by atoms with E-state index >= 15 is 0 Å². The maximum absolute atomic E-state index is 5.44. The second-order valence-corrected chi connectivity index (χ2v) is 3.80. The Bertz CT molecular complexity index is 335. The second kappa shape index (κ2) is 6.27. The highest BCUT2D eigenvalue weighted by Gasteiger charge is 2.02. The van der Waals surface area contributed by atoms with Crippen molar-refractivity contribution in [1.29, 1.82) is 0 Å². The van der Waals surface area contributed by atoms with Gasteiger partial charge in [-0.25, -0.2) is 0 Å². The Morgan fingerprint density at radius 1 is 1.47 bits per heavy atom. The van der Waals surface area contributed by atoms with Crippen LogP contribution in [0.3, 0.4) is 0 Å². The van der Waals surface area contributed by atoms with Crippen LogP contribution in [0.15, 0.2) is 24.3 Å². The first-order valence-corrected chi connectivity index (χ1v) is 5.51. The van der Waals surface area contributed by atoms with Crippen molar-refractivity contribution in [2.45, 2.75) is 32.7 Å². The second-order valence-electron chi connectivity index (χ2n) is 3.80. The molecule has 15 heavy (non-hydrogen) atoms. The molecule has 0 heterocycles. The molecule has 1 N–H and O–H groups in total. The molecule has 0 aromatic heterocycles. The summed E-state index contributed by atoms with van der Waals surface area (Å²) >= 11 is 0. The van der Waals surface area contributed by atoms with Crippen molar-refractivity contribution < 1.29 is 0 Å². The smallest absolute Gasteiger partial charge is 0.0690 e. The van der Waals surface area contributed by atoms with Gasteiger partial charge in [-0.2, -0.15) is 0 Å². The highest BCUT2D eigenvalue weighted by Crippen LogP contribution is 2.07. The first kappa shape index (κ1) is 11.8. The molecule has 0 aliphatic rings. The molecule has 0 spiro atoms. The largest absolute Gasteiger partial charge is 0.304 e. The summed E-state index contributed by atoms with van der Waals surface area (Å²) in [6.45, 7) is 5.13. The van der Waals surface area contributed by atoms with Crippen molar-refractivity contribution in [1.82, 2.24) is 5.32 Å². The fourth-order valence-corrected chi connectivity index (χ4v) is 1.67. The van der Waals surface area contributed by atoms with Crippen LogP contribution in [0, 0.1) is 19.3 Å². The van der Waals surface area contributed by atoms with E-state index in [-0.39, 0.29) is 6.04 Å². The maximum Gasteiger partial charge on any atom is 0.0690 e. The Morgan fingerprint density at radius 2 is 2.27 bits per heavy atom. The van der Waals surface area contributed by atoms with Gasteiger partial charge in [0.1, 0.15) is 0 Å². The SMILES string of the molecule is C#CC(CCc1cccc(C)c1)NCC.